The molecule has 0 aliphatic carbocycles. The van der Waals surface area contributed by atoms with Gasteiger partial charge in [-0.1, -0.05) is 32.0 Å². The Hall–Kier alpha value is -2.34. The van der Waals surface area contributed by atoms with E-state index in [1.54, 1.807) is 17.4 Å². The summed E-state index contributed by atoms with van der Waals surface area (Å²) in [4.78, 5) is 25.4. The highest BCUT2D eigenvalue weighted by molar-refractivity contribution is 7.10. The molecule has 0 aliphatic heterocycles. The topological polar surface area (TPSA) is 64.2 Å². The number of thiophene rings is 1. The molecule has 0 unspecified atom stereocenters. The van der Waals surface area contributed by atoms with Crippen LogP contribution in [0.3, 0.4) is 0 Å². The second-order valence-corrected chi connectivity index (χ2v) is 7.02. The van der Waals surface area contributed by atoms with Crippen LogP contribution in [0, 0.1) is 5.92 Å². The molecule has 5 nitrogen and oxygen atoms in total. The first-order chi connectivity index (χ1) is 11.6. The molecule has 0 saturated carbocycles. The summed E-state index contributed by atoms with van der Waals surface area (Å²) in [5.41, 5.74) is 1.26. The molecule has 0 fully saturated rings. The largest absolute Gasteiger partial charge is 0.419 e. The van der Waals surface area contributed by atoms with Crippen LogP contribution in [-0.4, -0.2) is 10.5 Å². The van der Waals surface area contributed by atoms with Crippen LogP contribution in [0.2, 0.25) is 0 Å². The second-order valence-electron chi connectivity index (χ2n) is 6.04. The maximum absolute atomic E-state index is 12.3. The molecule has 0 spiro atoms. The molecule has 1 N–H and O–H groups in total. The number of para-hydroxylation sites is 2. The van der Waals surface area contributed by atoms with Crippen LogP contribution in [0.1, 0.15) is 31.2 Å². The number of amides is 1. The summed E-state index contributed by atoms with van der Waals surface area (Å²) in [7, 11) is 0. The van der Waals surface area contributed by atoms with Crippen LogP contribution < -0.4 is 11.1 Å². The van der Waals surface area contributed by atoms with E-state index in [2.05, 4.69) is 19.2 Å². The third kappa shape index (κ3) is 3.43. The van der Waals surface area contributed by atoms with Gasteiger partial charge in [-0.15, -0.1) is 11.3 Å². The maximum atomic E-state index is 12.3. The fraction of sp³-hybridized carbons (Fsp3) is 0.333. The quantitative estimate of drug-likeness (QED) is 0.743. The van der Waals surface area contributed by atoms with Gasteiger partial charge in [-0.2, -0.15) is 0 Å². The normalized spacial score (nSPS) is 12.6. The number of hydrogen-bond donors (Lipinski definition) is 1. The fourth-order valence-corrected chi connectivity index (χ4v) is 3.67. The predicted molar refractivity (Wildman–Crippen MR) is 95.1 cm³/mol. The Morgan fingerprint density at radius 2 is 2.04 bits per heavy atom. The number of benzene rings is 1. The number of carbonyl (C=O) groups excluding carboxylic acids is 1. The minimum atomic E-state index is -0.428. The lowest BCUT2D eigenvalue weighted by atomic mass is 10.0. The van der Waals surface area contributed by atoms with Crippen LogP contribution in [0.5, 0.6) is 0 Å². The molecule has 1 aromatic carbocycles. The van der Waals surface area contributed by atoms with Gasteiger partial charge in [0.2, 0.25) is 5.91 Å². The van der Waals surface area contributed by atoms with Gasteiger partial charge >= 0.3 is 5.76 Å². The Labute approximate surface area is 143 Å². The zero-order valence-electron chi connectivity index (χ0n) is 13.7. The standard InChI is InChI=1S/C18H20N2O3S/c1-12(2)17(15-8-5-11-24-15)19-16(21)9-10-20-13-6-3-4-7-14(13)23-18(20)22/h3-8,11-12,17H,9-10H2,1-2H3,(H,19,21)/t17-/m0/s1. The summed E-state index contributed by atoms with van der Waals surface area (Å²) in [6.07, 6.45) is 0.234. The van der Waals surface area contributed by atoms with E-state index >= 15 is 0 Å². The Bertz CT molecular complexity index is 877. The highest BCUT2D eigenvalue weighted by atomic mass is 32.1. The number of oxazole rings is 1. The first-order valence-electron chi connectivity index (χ1n) is 7.97. The molecule has 0 bridgehead atoms. The summed E-state index contributed by atoms with van der Waals surface area (Å²) in [6.45, 7) is 4.47. The van der Waals surface area contributed by atoms with Crippen molar-refractivity contribution in [1.82, 2.24) is 9.88 Å². The minimum Gasteiger partial charge on any atom is -0.408 e. The summed E-state index contributed by atoms with van der Waals surface area (Å²) >= 11 is 1.64. The minimum absolute atomic E-state index is 0.00434. The van der Waals surface area contributed by atoms with Gasteiger partial charge in [-0.3, -0.25) is 9.36 Å². The van der Waals surface area contributed by atoms with E-state index in [9.17, 15) is 9.59 Å². The van der Waals surface area contributed by atoms with Crippen molar-refractivity contribution in [2.24, 2.45) is 5.92 Å². The van der Waals surface area contributed by atoms with Crippen LogP contribution in [0.15, 0.2) is 51.0 Å². The maximum Gasteiger partial charge on any atom is 0.419 e. The molecule has 1 amide bonds. The van der Waals surface area contributed by atoms with Gasteiger partial charge in [-0.25, -0.2) is 4.79 Å². The summed E-state index contributed by atoms with van der Waals surface area (Å²) in [6, 6.07) is 11.2. The molecule has 3 rings (SSSR count). The molecule has 24 heavy (non-hydrogen) atoms. The monoisotopic (exact) mass is 344 g/mol. The summed E-state index contributed by atoms with van der Waals surface area (Å²) in [5.74, 6) is -0.202. The van der Waals surface area contributed by atoms with Crippen molar-refractivity contribution >= 4 is 28.3 Å². The first kappa shape index (κ1) is 16.5. The Morgan fingerprint density at radius 1 is 1.25 bits per heavy atom. The van der Waals surface area contributed by atoms with Gasteiger partial charge in [0.25, 0.3) is 0 Å². The van der Waals surface area contributed by atoms with E-state index in [0.29, 0.717) is 23.6 Å². The number of carbonyl (C=O) groups is 1. The van der Waals surface area contributed by atoms with E-state index in [1.807, 2.05) is 35.7 Å². The third-order valence-corrected chi connectivity index (χ3v) is 4.92. The number of aryl methyl sites for hydroxylation is 1. The number of hydrogen-bond acceptors (Lipinski definition) is 4. The highest BCUT2D eigenvalue weighted by Gasteiger charge is 2.19. The molecule has 0 radical (unpaired) electrons. The lowest BCUT2D eigenvalue weighted by Gasteiger charge is -2.21. The molecule has 2 aromatic heterocycles. The van der Waals surface area contributed by atoms with Gasteiger partial charge in [-0.05, 0) is 29.5 Å². The molecule has 6 heteroatoms. The number of nitrogens with one attached hydrogen (secondary N) is 1. The molecule has 0 aliphatic rings. The van der Waals surface area contributed by atoms with Crippen LogP contribution >= 0.6 is 11.3 Å². The lowest BCUT2D eigenvalue weighted by molar-refractivity contribution is -0.122. The van der Waals surface area contributed by atoms with Gasteiger partial charge in [0.05, 0.1) is 11.6 Å². The smallest absolute Gasteiger partial charge is 0.408 e. The predicted octanol–water partition coefficient (Wildman–Crippen LogP) is 3.56. The van der Waals surface area contributed by atoms with Gasteiger partial charge in [0.15, 0.2) is 5.58 Å². The third-order valence-electron chi connectivity index (χ3n) is 3.97. The molecule has 1 atom stereocenters. The molecular weight excluding hydrogens is 324 g/mol. The van der Waals surface area contributed by atoms with E-state index in [-0.39, 0.29) is 18.4 Å². The Kier molecular flexibility index (Phi) is 4.85. The number of aromatic nitrogens is 1. The first-order valence-corrected chi connectivity index (χ1v) is 8.85. The Balaban J connectivity index is 1.69. The zero-order chi connectivity index (χ0) is 17.1. The van der Waals surface area contributed by atoms with Crippen molar-refractivity contribution in [2.75, 3.05) is 0 Å². The number of nitrogens with zero attached hydrogens (tertiary/aromatic N) is 1. The van der Waals surface area contributed by atoms with Crippen LogP contribution in [0.4, 0.5) is 0 Å². The molecular formula is C18H20N2O3S. The van der Waals surface area contributed by atoms with Crippen molar-refractivity contribution < 1.29 is 9.21 Å². The van der Waals surface area contributed by atoms with E-state index in [0.717, 1.165) is 4.88 Å². The SMILES string of the molecule is CC(C)[C@H](NC(=O)CCn1c(=O)oc2ccccc21)c1cccs1. The van der Waals surface area contributed by atoms with Crippen molar-refractivity contribution in [1.29, 1.82) is 0 Å². The van der Waals surface area contributed by atoms with Crippen molar-refractivity contribution in [3.63, 3.8) is 0 Å². The van der Waals surface area contributed by atoms with Gasteiger partial charge < -0.3 is 9.73 Å². The number of fused-ring (bicyclic) bond motifs is 1. The molecule has 0 saturated heterocycles. The van der Waals surface area contributed by atoms with E-state index in [4.69, 9.17) is 4.42 Å². The van der Waals surface area contributed by atoms with Crippen LogP contribution in [0.25, 0.3) is 11.1 Å². The number of rotatable bonds is 6. The van der Waals surface area contributed by atoms with E-state index < -0.39 is 5.76 Å². The summed E-state index contributed by atoms with van der Waals surface area (Å²) in [5, 5.41) is 5.08. The van der Waals surface area contributed by atoms with Gasteiger partial charge in [0, 0.05) is 17.8 Å². The molecule has 2 heterocycles. The Morgan fingerprint density at radius 3 is 2.75 bits per heavy atom. The second kappa shape index (κ2) is 7.05. The summed E-state index contributed by atoms with van der Waals surface area (Å²) < 4.78 is 6.69. The molecule has 126 valence electrons. The molecule has 3 aromatic rings. The van der Waals surface area contributed by atoms with Crippen molar-refractivity contribution in [3.8, 4) is 0 Å². The highest BCUT2D eigenvalue weighted by Crippen LogP contribution is 2.25. The van der Waals surface area contributed by atoms with Crippen molar-refractivity contribution in [3.05, 3.63) is 57.2 Å². The van der Waals surface area contributed by atoms with Crippen LogP contribution in [-0.2, 0) is 11.3 Å². The van der Waals surface area contributed by atoms with E-state index in [1.165, 1.54) is 4.57 Å². The fourth-order valence-electron chi connectivity index (χ4n) is 2.72. The average molecular weight is 344 g/mol. The lowest BCUT2D eigenvalue weighted by Crippen LogP contribution is -2.32. The van der Waals surface area contributed by atoms with Gasteiger partial charge in [0.1, 0.15) is 0 Å². The zero-order valence-corrected chi connectivity index (χ0v) is 14.5. The average Bonchev–Trinajstić information content (AvgIpc) is 3.17. The van der Waals surface area contributed by atoms with Crippen molar-refractivity contribution in [2.45, 2.75) is 32.9 Å².